The summed E-state index contributed by atoms with van der Waals surface area (Å²) in [5, 5.41) is 8.60. The van der Waals surface area contributed by atoms with Gasteiger partial charge >= 0.3 is 11.8 Å². The monoisotopic (exact) mass is 482 g/mol. The molecular weight excluding hydrogens is 462 g/mol. The minimum atomic E-state index is -1.02. The van der Waals surface area contributed by atoms with Crippen LogP contribution in [0.2, 0.25) is 0 Å². The van der Waals surface area contributed by atoms with Crippen molar-refractivity contribution in [2.24, 2.45) is 5.10 Å². The minimum absolute atomic E-state index is 0.252. The average molecular weight is 482 g/mol. The summed E-state index contributed by atoms with van der Waals surface area (Å²) in [6.45, 7) is -0.319. The summed E-state index contributed by atoms with van der Waals surface area (Å²) in [6, 6.07) is 14.9. The number of hydrogen-bond acceptors (Lipinski definition) is 6. The third-order valence-electron chi connectivity index (χ3n) is 4.36. The van der Waals surface area contributed by atoms with E-state index in [0.29, 0.717) is 17.0 Å². The zero-order chi connectivity index (χ0) is 25.2. The SMILES string of the molecule is COc1cc(/C=N\NC(=O)C(=O)Nc2ccc(F)cc2)ccc1OCC(=O)Nc1ccc(F)cc1. The summed E-state index contributed by atoms with van der Waals surface area (Å²) < 4.78 is 36.6. The van der Waals surface area contributed by atoms with Gasteiger partial charge in [-0.1, -0.05) is 0 Å². The second kappa shape index (κ2) is 11.9. The zero-order valence-corrected chi connectivity index (χ0v) is 18.4. The molecule has 35 heavy (non-hydrogen) atoms. The van der Waals surface area contributed by atoms with Crippen LogP contribution in [0.25, 0.3) is 0 Å². The standard InChI is InChI=1S/C24H20F2N4O5/c1-34-21-12-15(13-27-30-24(33)23(32)29-19-9-5-17(26)6-10-19)2-11-20(21)35-14-22(31)28-18-7-3-16(25)4-8-18/h2-13H,14H2,1H3,(H,28,31)(H,29,32)(H,30,33)/b27-13-. The maximum absolute atomic E-state index is 12.9. The van der Waals surface area contributed by atoms with Crippen LogP contribution in [0.3, 0.4) is 0 Å². The number of hydrazone groups is 1. The van der Waals surface area contributed by atoms with E-state index in [1.165, 1.54) is 55.8 Å². The molecule has 0 aliphatic carbocycles. The molecular formula is C24H20F2N4O5. The molecule has 0 bridgehead atoms. The number of nitrogens with zero attached hydrogens (tertiary/aromatic N) is 1. The highest BCUT2D eigenvalue weighted by molar-refractivity contribution is 6.39. The predicted molar refractivity (Wildman–Crippen MR) is 124 cm³/mol. The van der Waals surface area contributed by atoms with Gasteiger partial charge in [0.05, 0.1) is 13.3 Å². The van der Waals surface area contributed by atoms with Gasteiger partial charge in [0.15, 0.2) is 18.1 Å². The summed E-state index contributed by atoms with van der Waals surface area (Å²) in [6.07, 6.45) is 1.27. The van der Waals surface area contributed by atoms with Crippen molar-refractivity contribution in [1.82, 2.24) is 5.43 Å². The van der Waals surface area contributed by atoms with Crippen LogP contribution in [-0.4, -0.2) is 37.7 Å². The smallest absolute Gasteiger partial charge is 0.329 e. The molecule has 0 radical (unpaired) electrons. The molecule has 0 aromatic heterocycles. The van der Waals surface area contributed by atoms with Crippen LogP contribution in [0, 0.1) is 11.6 Å². The molecule has 3 aromatic rings. The normalized spacial score (nSPS) is 10.5. The summed E-state index contributed by atoms with van der Waals surface area (Å²) >= 11 is 0. The largest absolute Gasteiger partial charge is 0.493 e. The Labute approximate surface area is 198 Å². The Bertz CT molecular complexity index is 1230. The molecule has 0 spiro atoms. The second-order valence-electron chi connectivity index (χ2n) is 6.91. The van der Waals surface area contributed by atoms with Gasteiger partial charge in [0.25, 0.3) is 5.91 Å². The van der Waals surface area contributed by atoms with Crippen LogP contribution < -0.4 is 25.5 Å². The van der Waals surface area contributed by atoms with E-state index in [1.54, 1.807) is 12.1 Å². The number of anilines is 2. The van der Waals surface area contributed by atoms with E-state index < -0.39 is 29.4 Å². The van der Waals surface area contributed by atoms with Gasteiger partial charge in [-0.15, -0.1) is 0 Å². The molecule has 9 nitrogen and oxygen atoms in total. The third kappa shape index (κ3) is 7.63. The van der Waals surface area contributed by atoms with E-state index in [1.807, 2.05) is 0 Å². The number of carbonyl (C=O) groups excluding carboxylic acids is 3. The summed E-state index contributed by atoms with van der Waals surface area (Å²) in [4.78, 5) is 35.8. The lowest BCUT2D eigenvalue weighted by atomic mass is 10.2. The lowest BCUT2D eigenvalue weighted by Gasteiger charge is -2.11. The van der Waals surface area contributed by atoms with Crippen LogP contribution in [0.1, 0.15) is 5.56 Å². The first-order valence-electron chi connectivity index (χ1n) is 10.1. The molecule has 0 saturated heterocycles. The Balaban J connectivity index is 1.51. The molecule has 0 aliphatic rings. The van der Waals surface area contributed by atoms with Gasteiger partial charge in [-0.05, 0) is 72.3 Å². The van der Waals surface area contributed by atoms with Gasteiger partial charge < -0.3 is 20.1 Å². The highest BCUT2D eigenvalue weighted by atomic mass is 19.1. The Morgan fingerprint density at radius 2 is 1.43 bits per heavy atom. The topological polar surface area (TPSA) is 118 Å². The first-order chi connectivity index (χ1) is 16.8. The van der Waals surface area contributed by atoms with Gasteiger partial charge in [0, 0.05) is 11.4 Å². The van der Waals surface area contributed by atoms with E-state index in [-0.39, 0.29) is 18.0 Å². The van der Waals surface area contributed by atoms with Gasteiger partial charge in [-0.2, -0.15) is 5.10 Å². The van der Waals surface area contributed by atoms with Crippen LogP contribution in [0.15, 0.2) is 71.8 Å². The molecule has 0 aliphatic heterocycles. The van der Waals surface area contributed by atoms with Crippen LogP contribution in [0.5, 0.6) is 11.5 Å². The van der Waals surface area contributed by atoms with Crippen molar-refractivity contribution in [3.63, 3.8) is 0 Å². The lowest BCUT2D eigenvalue weighted by molar-refractivity contribution is -0.136. The fraction of sp³-hybridized carbons (Fsp3) is 0.0833. The average Bonchev–Trinajstić information content (AvgIpc) is 2.85. The molecule has 3 rings (SSSR count). The molecule has 11 heteroatoms. The summed E-state index contributed by atoms with van der Waals surface area (Å²) in [5.41, 5.74) is 3.26. The van der Waals surface area contributed by atoms with E-state index in [4.69, 9.17) is 9.47 Å². The maximum atomic E-state index is 12.9. The van der Waals surface area contributed by atoms with Crippen molar-refractivity contribution >= 4 is 35.3 Å². The molecule has 3 N–H and O–H groups in total. The molecule has 0 fully saturated rings. The molecule has 0 unspecified atom stereocenters. The van der Waals surface area contributed by atoms with Crippen molar-refractivity contribution in [1.29, 1.82) is 0 Å². The number of ether oxygens (including phenoxy) is 2. The quantitative estimate of drug-likeness (QED) is 0.259. The molecule has 0 atom stereocenters. The van der Waals surface area contributed by atoms with E-state index >= 15 is 0 Å². The number of carbonyl (C=O) groups is 3. The Kier molecular flexibility index (Phi) is 8.43. The molecule has 3 aromatic carbocycles. The number of benzene rings is 3. The fourth-order valence-electron chi connectivity index (χ4n) is 2.69. The fourth-order valence-corrected chi connectivity index (χ4v) is 2.69. The Morgan fingerprint density at radius 1 is 0.829 bits per heavy atom. The Morgan fingerprint density at radius 3 is 2.03 bits per heavy atom. The molecule has 3 amide bonds. The van der Waals surface area contributed by atoms with Crippen molar-refractivity contribution in [3.05, 3.63) is 83.9 Å². The van der Waals surface area contributed by atoms with Crippen LogP contribution >= 0.6 is 0 Å². The summed E-state index contributed by atoms with van der Waals surface area (Å²) in [7, 11) is 1.41. The van der Waals surface area contributed by atoms with Crippen LogP contribution in [-0.2, 0) is 14.4 Å². The van der Waals surface area contributed by atoms with Gasteiger partial charge in [-0.25, -0.2) is 14.2 Å². The predicted octanol–water partition coefficient (Wildman–Crippen LogP) is 3.08. The summed E-state index contributed by atoms with van der Waals surface area (Å²) in [5.74, 6) is -2.77. The van der Waals surface area contributed by atoms with Crippen molar-refractivity contribution in [2.75, 3.05) is 24.4 Å². The highest BCUT2D eigenvalue weighted by Gasteiger charge is 2.13. The van der Waals surface area contributed by atoms with Crippen molar-refractivity contribution in [3.8, 4) is 11.5 Å². The maximum Gasteiger partial charge on any atom is 0.329 e. The number of amides is 3. The van der Waals surface area contributed by atoms with E-state index in [0.717, 1.165) is 12.1 Å². The first kappa shape index (κ1) is 24.8. The van der Waals surface area contributed by atoms with Gasteiger partial charge in [0.2, 0.25) is 0 Å². The van der Waals surface area contributed by atoms with Gasteiger partial charge in [-0.3, -0.25) is 14.4 Å². The molecule has 0 heterocycles. The van der Waals surface area contributed by atoms with Crippen molar-refractivity contribution in [2.45, 2.75) is 0 Å². The molecule has 0 saturated carbocycles. The van der Waals surface area contributed by atoms with Crippen molar-refractivity contribution < 1.29 is 32.6 Å². The van der Waals surface area contributed by atoms with E-state index in [9.17, 15) is 23.2 Å². The lowest BCUT2D eigenvalue weighted by Crippen LogP contribution is -2.32. The number of hydrogen-bond donors (Lipinski definition) is 3. The molecule has 180 valence electrons. The van der Waals surface area contributed by atoms with Gasteiger partial charge in [0.1, 0.15) is 11.6 Å². The number of rotatable bonds is 8. The zero-order valence-electron chi connectivity index (χ0n) is 18.4. The highest BCUT2D eigenvalue weighted by Crippen LogP contribution is 2.27. The van der Waals surface area contributed by atoms with E-state index in [2.05, 4.69) is 21.2 Å². The van der Waals surface area contributed by atoms with Crippen LogP contribution in [0.4, 0.5) is 20.2 Å². The Hall–Kier alpha value is -4.80. The second-order valence-corrected chi connectivity index (χ2v) is 6.91. The number of halogens is 2. The minimum Gasteiger partial charge on any atom is -0.493 e. The number of methoxy groups -OCH3 is 1. The third-order valence-corrected chi connectivity index (χ3v) is 4.36. The number of nitrogens with one attached hydrogen (secondary N) is 3. The first-order valence-corrected chi connectivity index (χ1v) is 10.1.